The molecule has 4 rings (SSSR count). The van der Waals surface area contributed by atoms with Crippen molar-refractivity contribution in [1.82, 2.24) is 9.97 Å². The molecule has 0 aliphatic heterocycles. The maximum absolute atomic E-state index is 11.7. The molecule has 0 fully saturated rings. The first-order valence-electron chi connectivity index (χ1n) is 8.90. The summed E-state index contributed by atoms with van der Waals surface area (Å²) in [4.78, 5) is 23.4. The van der Waals surface area contributed by atoms with Crippen molar-refractivity contribution >= 4 is 33.3 Å². The van der Waals surface area contributed by atoms with Crippen molar-refractivity contribution < 1.29 is 9.53 Å². The minimum atomic E-state index is -0.320. The Kier molecular flexibility index (Phi) is 4.84. The Hall–Kier alpha value is -2.47. The van der Waals surface area contributed by atoms with Gasteiger partial charge >= 0.3 is 5.97 Å². The molecular formula is C20H21N3O2S. The molecule has 0 amide bonds. The summed E-state index contributed by atoms with van der Waals surface area (Å²) in [5, 5.41) is 4.61. The van der Waals surface area contributed by atoms with Gasteiger partial charge in [-0.25, -0.2) is 9.97 Å². The average molecular weight is 367 g/mol. The van der Waals surface area contributed by atoms with E-state index in [9.17, 15) is 4.79 Å². The minimum Gasteiger partial charge on any atom is -0.469 e. The maximum atomic E-state index is 11.7. The van der Waals surface area contributed by atoms with E-state index in [1.54, 1.807) is 11.3 Å². The van der Waals surface area contributed by atoms with E-state index in [2.05, 4.69) is 27.4 Å². The van der Waals surface area contributed by atoms with Crippen LogP contribution in [-0.4, -0.2) is 23.0 Å². The number of nitrogens with one attached hydrogen (secondary N) is 1. The number of ether oxygens (including phenoxy) is 1. The Labute approximate surface area is 156 Å². The van der Waals surface area contributed by atoms with E-state index in [1.807, 2.05) is 18.2 Å². The molecule has 1 aliphatic rings. The van der Waals surface area contributed by atoms with Crippen molar-refractivity contribution in [3.63, 3.8) is 0 Å². The highest BCUT2D eigenvalue weighted by Gasteiger charge is 2.21. The summed E-state index contributed by atoms with van der Waals surface area (Å²) < 4.78 is 4.78. The van der Waals surface area contributed by atoms with Gasteiger partial charge in [-0.05, 0) is 36.8 Å². The summed E-state index contributed by atoms with van der Waals surface area (Å²) in [5.41, 5.74) is 2.58. The predicted octanol–water partition coefficient (Wildman–Crippen LogP) is 3.90. The quantitative estimate of drug-likeness (QED) is 0.693. The Balaban J connectivity index is 1.73. The number of nitrogens with zero attached hydrogens (tertiary/aromatic N) is 2. The number of anilines is 1. The van der Waals surface area contributed by atoms with E-state index in [4.69, 9.17) is 4.74 Å². The summed E-state index contributed by atoms with van der Waals surface area (Å²) in [6, 6.07) is 10.2. The smallest absolute Gasteiger partial charge is 0.313 e. The molecule has 0 radical (unpaired) electrons. The summed E-state index contributed by atoms with van der Waals surface area (Å²) in [6.07, 6.45) is 4.72. The molecule has 2 heterocycles. The highest BCUT2D eigenvalue weighted by atomic mass is 32.1. The van der Waals surface area contributed by atoms with Crippen molar-refractivity contribution in [3.05, 3.63) is 52.2 Å². The number of carbonyl (C=O) groups is 1. The number of methoxy groups -OCH3 is 1. The van der Waals surface area contributed by atoms with Gasteiger partial charge in [-0.3, -0.25) is 4.79 Å². The van der Waals surface area contributed by atoms with Gasteiger partial charge in [0, 0.05) is 11.4 Å². The summed E-state index contributed by atoms with van der Waals surface area (Å²) in [5.74, 6) is 1.02. The lowest BCUT2D eigenvalue weighted by molar-refractivity contribution is -0.139. The standard InChI is InChI=1S/C20H21N3O2S/c1-25-17(24)11-16-22-19(21-12-13-7-3-2-4-8-13)18-14-9-5-6-10-15(14)26-20(18)23-16/h2-4,7-8H,5-6,9-12H2,1H3,(H,21,22,23). The molecule has 26 heavy (non-hydrogen) atoms. The van der Waals surface area contributed by atoms with Crippen LogP contribution in [0.15, 0.2) is 30.3 Å². The fraction of sp³-hybridized carbons (Fsp3) is 0.350. The fourth-order valence-electron chi connectivity index (χ4n) is 3.39. The first-order chi connectivity index (χ1) is 12.7. The van der Waals surface area contributed by atoms with E-state index in [-0.39, 0.29) is 12.4 Å². The average Bonchev–Trinajstić information content (AvgIpc) is 3.05. The highest BCUT2D eigenvalue weighted by molar-refractivity contribution is 7.19. The number of hydrogen-bond acceptors (Lipinski definition) is 6. The monoisotopic (exact) mass is 367 g/mol. The molecule has 0 unspecified atom stereocenters. The Bertz CT molecular complexity index is 937. The predicted molar refractivity (Wildman–Crippen MR) is 104 cm³/mol. The highest BCUT2D eigenvalue weighted by Crippen LogP contribution is 2.38. The molecule has 0 atom stereocenters. The van der Waals surface area contributed by atoms with Crippen molar-refractivity contribution in [2.45, 2.75) is 38.6 Å². The lowest BCUT2D eigenvalue weighted by Crippen LogP contribution is -2.11. The van der Waals surface area contributed by atoms with E-state index in [1.165, 1.54) is 36.0 Å². The van der Waals surface area contributed by atoms with E-state index >= 15 is 0 Å². The molecule has 134 valence electrons. The van der Waals surface area contributed by atoms with Gasteiger partial charge in [-0.15, -0.1) is 11.3 Å². The number of thiophene rings is 1. The third kappa shape index (κ3) is 3.42. The number of rotatable bonds is 5. The van der Waals surface area contributed by atoms with Crippen molar-refractivity contribution in [3.8, 4) is 0 Å². The summed E-state index contributed by atoms with van der Waals surface area (Å²) in [7, 11) is 1.39. The first kappa shape index (κ1) is 17.0. The van der Waals surface area contributed by atoms with Gasteiger partial charge < -0.3 is 10.1 Å². The number of esters is 1. The minimum absolute atomic E-state index is 0.0923. The van der Waals surface area contributed by atoms with E-state index in [0.717, 1.165) is 28.9 Å². The number of aromatic nitrogens is 2. The molecule has 1 aliphatic carbocycles. The Morgan fingerprint density at radius 2 is 2.00 bits per heavy atom. The zero-order valence-corrected chi connectivity index (χ0v) is 15.6. The molecule has 6 heteroatoms. The topological polar surface area (TPSA) is 64.1 Å². The number of aryl methyl sites for hydroxylation is 2. The zero-order chi connectivity index (χ0) is 17.9. The lowest BCUT2D eigenvalue weighted by atomic mass is 9.97. The number of fused-ring (bicyclic) bond motifs is 3. The van der Waals surface area contributed by atoms with Crippen LogP contribution in [0.25, 0.3) is 10.2 Å². The molecule has 0 bridgehead atoms. The summed E-state index contributed by atoms with van der Waals surface area (Å²) in [6.45, 7) is 0.690. The van der Waals surface area contributed by atoms with Gasteiger partial charge in [-0.2, -0.15) is 0 Å². The Morgan fingerprint density at radius 1 is 1.19 bits per heavy atom. The van der Waals surface area contributed by atoms with E-state index < -0.39 is 0 Å². The molecule has 5 nitrogen and oxygen atoms in total. The van der Waals surface area contributed by atoms with Crippen LogP contribution in [0, 0.1) is 0 Å². The zero-order valence-electron chi connectivity index (χ0n) is 14.7. The van der Waals surface area contributed by atoms with Crippen LogP contribution in [0.2, 0.25) is 0 Å². The van der Waals surface area contributed by atoms with Crippen LogP contribution in [0.4, 0.5) is 5.82 Å². The fourth-order valence-corrected chi connectivity index (χ4v) is 4.67. The van der Waals surface area contributed by atoms with Gasteiger partial charge in [0.15, 0.2) is 0 Å². The number of carbonyl (C=O) groups excluding carboxylic acids is 1. The van der Waals surface area contributed by atoms with Crippen molar-refractivity contribution in [1.29, 1.82) is 0 Å². The third-order valence-corrected chi connectivity index (χ3v) is 5.88. The second-order valence-corrected chi connectivity index (χ2v) is 7.56. The largest absolute Gasteiger partial charge is 0.469 e. The molecule has 1 aromatic carbocycles. The van der Waals surface area contributed by atoms with Crippen LogP contribution < -0.4 is 5.32 Å². The van der Waals surface area contributed by atoms with Crippen molar-refractivity contribution in [2.75, 3.05) is 12.4 Å². The lowest BCUT2D eigenvalue weighted by Gasteiger charge is -2.13. The van der Waals surface area contributed by atoms with Crippen molar-refractivity contribution in [2.24, 2.45) is 0 Å². The van der Waals surface area contributed by atoms with Crippen LogP contribution in [-0.2, 0) is 35.3 Å². The molecule has 0 saturated heterocycles. The normalized spacial score (nSPS) is 13.4. The molecule has 2 aromatic heterocycles. The second kappa shape index (κ2) is 7.41. The van der Waals surface area contributed by atoms with E-state index in [0.29, 0.717) is 12.4 Å². The second-order valence-electron chi connectivity index (χ2n) is 6.47. The third-order valence-electron chi connectivity index (χ3n) is 4.69. The van der Waals surface area contributed by atoms with Gasteiger partial charge in [0.1, 0.15) is 22.9 Å². The van der Waals surface area contributed by atoms with Gasteiger partial charge in [0.25, 0.3) is 0 Å². The van der Waals surface area contributed by atoms with Crippen LogP contribution in [0.3, 0.4) is 0 Å². The molecule has 0 saturated carbocycles. The Morgan fingerprint density at radius 3 is 2.81 bits per heavy atom. The molecule has 1 N–H and O–H groups in total. The number of benzene rings is 1. The SMILES string of the molecule is COC(=O)Cc1nc(NCc2ccccc2)c2c3c(sc2n1)CCCC3. The molecule has 0 spiro atoms. The first-order valence-corrected chi connectivity index (χ1v) is 9.72. The van der Waals surface area contributed by atoms with Gasteiger partial charge in [0.05, 0.1) is 12.5 Å². The molecular weight excluding hydrogens is 346 g/mol. The molecule has 3 aromatic rings. The van der Waals surface area contributed by atoms with Gasteiger partial charge in [-0.1, -0.05) is 30.3 Å². The van der Waals surface area contributed by atoms with Gasteiger partial charge in [0.2, 0.25) is 0 Å². The summed E-state index contributed by atoms with van der Waals surface area (Å²) >= 11 is 1.74. The van der Waals surface area contributed by atoms with Crippen LogP contribution >= 0.6 is 11.3 Å². The van der Waals surface area contributed by atoms with Crippen LogP contribution in [0.1, 0.15) is 34.7 Å². The maximum Gasteiger partial charge on any atom is 0.313 e. The van der Waals surface area contributed by atoms with Crippen LogP contribution in [0.5, 0.6) is 0 Å². The number of hydrogen-bond donors (Lipinski definition) is 1.